The van der Waals surface area contributed by atoms with Gasteiger partial charge in [-0.25, -0.2) is 0 Å². The Kier molecular flexibility index (Phi) is 2.91. The van der Waals surface area contributed by atoms with Crippen LogP contribution in [0, 0.1) is 0 Å². The fourth-order valence-electron chi connectivity index (χ4n) is 1.71. The molecule has 4 nitrogen and oxygen atoms in total. The molecule has 0 saturated carbocycles. The van der Waals surface area contributed by atoms with Crippen LogP contribution in [0.3, 0.4) is 0 Å². The highest BCUT2D eigenvalue weighted by Crippen LogP contribution is 2.18. The number of hydrogen-bond acceptors (Lipinski definition) is 2. The van der Waals surface area contributed by atoms with Crippen LogP contribution in [0.4, 0.5) is 0 Å². The van der Waals surface area contributed by atoms with E-state index in [1.807, 2.05) is 59.4 Å². The summed E-state index contributed by atoms with van der Waals surface area (Å²) in [7, 11) is 0. The van der Waals surface area contributed by atoms with Gasteiger partial charge in [0.2, 0.25) is 0 Å². The zero-order chi connectivity index (χ0) is 11.4. The van der Waals surface area contributed by atoms with Crippen LogP contribution in [-0.4, -0.2) is 15.6 Å². The van der Waals surface area contributed by atoms with Gasteiger partial charge in [0.1, 0.15) is 6.04 Å². The summed E-state index contributed by atoms with van der Waals surface area (Å²) in [6, 6.07) is 13.2. The Bertz CT molecular complexity index is 462. The molecule has 4 heteroatoms. The maximum atomic E-state index is 8.81. The van der Waals surface area contributed by atoms with Crippen molar-refractivity contribution in [2.75, 3.05) is 0 Å². The van der Waals surface area contributed by atoms with Crippen LogP contribution in [0.5, 0.6) is 0 Å². The SMILES string of the molecule is NC(=NO)[C@H](c1ccccc1)n1cccc1. The Hall–Kier alpha value is -2.23. The molecule has 1 atom stereocenters. The first-order valence-electron chi connectivity index (χ1n) is 4.97. The molecule has 2 rings (SSSR count). The number of oxime groups is 1. The molecular weight excluding hydrogens is 202 g/mol. The Morgan fingerprint density at radius 3 is 2.31 bits per heavy atom. The second-order valence-electron chi connectivity index (χ2n) is 3.47. The fourth-order valence-corrected chi connectivity index (χ4v) is 1.71. The standard InChI is InChI=1S/C12H13N3O/c13-12(14-16)11(15-8-4-5-9-15)10-6-2-1-3-7-10/h1-9,11,16H,(H2,13,14)/t11-/m0/s1. The summed E-state index contributed by atoms with van der Waals surface area (Å²) in [4.78, 5) is 0. The van der Waals surface area contributed by atoms with Gasteiger partial charge < -0.3 is 15.5 Å². The van der Waals surface area contributed by atoms with Crippen molar-refractivity contribution in [2.24, 2.45) is 10.9 Å². The van der Waals surface area contributed by atoms with Crippen molar-refractivity contribution >= 4 is 5.84 Å². The van der Waals surface area contributed by atoms with Gasteiger partial charge in [0.05, 0.1) is 0 Å². The molecule has 0 bridgehead atoms. The second-order valence-corrected chi connectivity index (χ2v) is 3.47. The van der Waals surface area contributed by atoms with Gasteiger partial charge in [-0.15, -0.1) is 0 Å². The van der Waals surface area contributed by atoms with Crippen molar-refractivity contribution in [3.8, 4) is 0 Å². The van der Waals surface area contributed by atoms with Crippen LogP contribution in [0.15, 0.2) is 60.0 Å². The number of amidine groups is 1. The summed E-state index contributed by atoms with van der Waals surface area (Å²) in [5.41, 5.74) is 6.70. The number of nitrogens with two attached hydrogens (primary N) is 1. The first-order valence-corrected chi connectivity index (χ1v) is 4.97. The van der Waals surface area contributed by atoms with Gasteiger partial charge >= 0.3 is 0 Å². The minimum Gasteiger partial charge on any atom is -0.409 e. The highest BCUT2D eigenvalue weighted by atomic mass is 16.4. The third-order valence-corrected chi connectivity index (χ3v) is 2.44. The molecule has 0 fully saturated rings. The van der Waals surface area contributed by atoms with Crippen LogP contribution in [0.25, 0.3) is 0 Å². The quantitative estimate of drug-likeness (QED) is 0.355. The average molecular weight is 215 g/mol. The summed E-state index contributed by atoms with van der Waals surface area (Å²) in [5, 5.41) is 11.9. The molecular formula is C12H13N3O. The van der Waals surface area contributed by atoms with Crippen molar-refractivity contribution in [3.63, 3.8) is 0 Å². The van der Waals surface area contributed by atoms with E-state index < -0.39 is 0 Å². The Morgan fingerprint density at radius 2 is 1.75 bits per heavy atom. The third-order valence-electron chi connectivity index (χ3n) is 2.44. The van der Waals surface area contributed by atoms with E-state index in [4.69, 9.17) is 10.9 Å². The first kappa shape index (κ1) is 10.3. The number of benzene rings is 1. The Morgan fingerprint density at radius 1 is 1.12 bits per heavy atom. The summed E-state index contributed by atoms with van der Waals surface area (Å²) in [6.07, 6.45) is 3.77. The zero-order valence-electron chi connectivity index (χ0n) is 8.69. The first-order chi connectivity index (χ1) is 7.83. The molecule has 16 heavy (non-hydrogen) atoms. The lowest BCUT2D eigenvalue weighted by atomic mass is 10.1. The summed E-state index contributed by atoms with van der Waals surface area (Å²) >= 11 is 0. The van der Waals surface area contributed by atoms with Crippen molar-refractivity contribution < 1.29 is 5.21 Å². The van der Waals surface area contributed by atoms with Gasteiger partial charge in [-0.1, -0.05) is 35.5 Å². The Balaban J connectivity index is 2.45. The third kappa shape index (κ3) is 1.91. The molecule has 0 aliphatic heterocycles. The number of rotatable bonds is 3. The second kappa shape index (κ2) is 4.53. The van der Waals surface area contributed by atoms with E-state index in [9.17, 15) is 0 Å². The van der Waals surface area contributed by atoms with E-state index in [1.54, 1.807) is 0 Å². The molecule has 0 amide bonds. The highest BCUT2D eigenvalue weighted by molar-refractivity contribution is 5.86. The van der Waals surface area contributed by atoms with Crippen LogP contribution >= 0.6 is 0 Å². The lowest BCUT2D eigenvalue weighted by Gasteiger charge is -2.17. The van der Waals surface area contributed by atoms with Gasteiger partial charge in [0.25, 0.3) is 0 Å². The smallest absolute Gasteiger partial charge is 0.166 e. The fraction of sp³-hybridized carbons (Fsp3) is 0.0833. The van der Waals surface area contributed by atoms with Gasteiger partial charge in [-0.05, 0) is 17.7 Å². The van der Waals surface area contributed by atoms with Crippen molar-refractivity contribution in [2.45, 2.75) is 6.04 Å². The van der Waals surface area contributed by atoms with Crippen LogP contribution in [0.2, 0.25) is 0 Å². The van der Waals surface area contributed by atoms with E-state index in [0.29, 0.717) is 0 Å². The van der Waals surface area contributed by atoms with Crippen molar-refractivity contribution in [1.82, 2.24) is 4.57 Å². The Labute approximate surface area is 93.6 Å². The van der Waals surface area contributed by atoms with E-state index in [0.717, 1.165) is 5.56 Å². The van der Waals surface area contributed by atoms with Gasteiger partial charge in [-0.3, -0.25) is 0 Å². The molecule has 0 saturated heterocycles. The zero-order valence-corrected chi connectivity index (χ0v) is 8.69. The molecule has 2 aromatic rings. The molecule has 82 valence electrons. The molecule has 1 aromatic carbocycles. The molecule has 0 unspecified atom stereocenters. The molecule has 3 N–H and O–H groups in total. The maximum absolute atomic E-state index is 8.81. The van der Waals surface area contributed by atoms with E-state index in [1.165, 1.54) is 0 Å². The number of nitrogens with zero attached hydrogens (tertiary/aromatic N) is 2. The minimum absolute atomic E-state index is 0.169. The number of hydrogen-bond donors (Lipinski definition) is 2. The lowest BCUT2D eigenvalue weighted by molar-refractivity contribution is 0.315. The predicted octanol–water partition coefficient (Wildman–Crippen LogP) is 1.82. The van der Waals surface area contributed by atoms with Gasteiger partial charge in [-0.2, -0.15) is 0 Å². The molecule has 1 heterocycles. The van der Waals surface area contributed by atoms with E-state index in [2.05, 4.69) is 5.16 Å². The van der Waals surface area contributed by atoms with Gasteiger partial charge in [0.15, 0.2) is 5.84 Å². The summed E-state index contributed by atoms with van der Waals surface area (Å²) in [5.74, 6) is 0.169. The molecule has 0 aliphatic carbocycles. The monoisotopic (exact) mass is 215 g/mol. The largest absolute Gasteiger partial charge is 0.409 e. The molecule has 0 radical (unpaired) electrons. The maximum Gasteiger partial charge on any atom is 0.166 e. The van der Waals surface area contributed by atoms with E-state index in [-0.39, 0.29) is 11.9 Å². The normalized spacial score (nSPS) is 13.6. The van der Waals surface area contributed by atoms with Crippen LogP contribution < -0.4 is 5.73 Å². The highest BCUT2D eigenvalue weighted by Gasteiger charge is 2.17. The molecule has 0 aliphatic rings. The lowest BCUT2D eigenvalue weighted by Crippen LogP contribution is -2.27. The van der Waals surface area contributed by atoms with Crippen molar-refractivity contribution in [3.05, 3.63) is 60.4 Å². The predicted molar refractivity (Wildman–Crippen MR) is 62.4 cm³/mol. The summed E-state index contributed by atoms with van der Waals surface area (Å²) < 4.78 is 1.89. The average Bonchev–Trinajstić information content (AvgIpc) is 2.84. The van der Waals surface area contributed by atoms with E-state index >= 15 is 0 Å². The number of aromatic nitrogens is 1. The van der Waals surface area contributed by atoms with Gasteiger partial charge in [0, 0.05) is 12.4 Å². The van der Waals surface area contributed by atoms with Crippen LogP contribution in [0.1, 0.15) is 11.6 Å². The molecule has 1 aromatic heterocycles. The minimum atomic E-state index is -0.263. The topological polar surface area (TPSA) is 63.5 Å². The molecule has 0 spiro atoms. The summed E-state index contributed by atoms with van der Waals surface area (Å²) in [6.45, 7) is 0. The van der Waals surface area contributed by atoms with Crippen LogP contribution in [-0.2, 0) is 0 Å². The van der Waals surface area contributed by atoms with Crippen molar-refractivity contribution in [1.29, 1.82) is 0 Å².